The molecular formula is C27H31BrN6O4. The quantitative estimate of drug-likeness (QED) is 0.187. The van der Waals surface area contributed by atoms with Crippen LogP contribution in [0, 0.1) is 0 Å². The Morgan fingerprint density at radius 2 is 2.16 bits per heavy atom. The molecule has 1 aliphatic heterocycles. The second-order valence-corrected chi connectivity index (χ2v) is 9.63. The van der Waals surface area contributed by atoms with Crippen LogP contribution in [-0.2, 0) is 14.3 Å². The SMILES string of the molecule is C=CC(=O)Nc1cc2c(-c3cccc(Br)c3)nc(N)nc2cc1OCCCN1CCNCC1C(=O)OCC. The van der Waals surface area contributed by atoms with Crippen molar-refractivity contribution in [1.29, 1.82) is 0 Å². The number of benzene rings is 2. The minimum absolute atomic E-state index is 0.130. The number of nitrogens with one attached hydrogen (secondary N) is 2. The molecule has 2 aromatic carbocycles. The summed E-state index contributed by atoms with van der Waals surface area (Å²) in [5.74, 6) is -0.00554. The van der Waals surface area contributed by atoms with Gasteiger partial charge in [-0.05, 0) is 37.6 Å². The molecule has 1 saturated heterocycles. The first-order chi connectivity index (χ1) is 18.4. The summed E-state index contributed by atoms with van der Waals surface area (Å²) >= 11 is 3.50. The summed E-state index contributed by atoms with van der Waals surface area (Å²) in [7, 11) is 0. The number of ether oxygens (including phenoxy) is 2. The lowest BCUT2D eigenvalue weighted by Crippen LogP contribution is -2.55. The highest BCUT2D eigenvalue weighted by molar-refractivity contribution is 9.10. The third kappa shape index (κ3) is 6.66. The molecule has 0 saturated carbocycles. The summed E-state index contributed by atoms with van der Waals surface area (Å²) in [6.07, 6.45) is 1.86. The molecule has 11 heteroatoms. The van der Waals surface area contributed by atoms with Crippen molar-refractivity contribution in [3.05, 3.63) is 53.5 Å². The van der Waals surface area contributed by atoms with E-state index in [1.165, 1.54) is 6.08 Å². The molecule has 1 fully saturated rings. The molecular weight excluding hydrogens is 552 g/mol. The maximum absolute atomic E-state index is 12.3. The number of aromatic nitrogens is 2. The van der Waals surface area contributed by atoms with Gasteiger partial charge in [-0.25, -0.2) is 9.97 Å². The molecule has 1 aromatic heterocycles. The first-order valence-corrected chi connectivity index (χ1v) is 13.2. The van der Waals surface area contributed by atoms with E-state index < -0.39 is 0 Å². The van der Waals surface area contributed by atoms with Gasteiger partial charge in [-0.1, -0.05) is 34.6 Å². The fourth-order valence-electron chi connectivity index (χ4n) is 4.37. The molecule has 1 atom stereocenters. The number of nitrogens with zero attached hydrogens (tertiary/aromatic N) is 3. The molecule has 4 rings (SSSR count). The van der Waals surface area contributed by atoms with Crippen LogP contribution < -0.4 is 21.1 Å². The molecule has 38 heavy (non-hydrogen) atoms. The number of piperazine rings is 1. The van der Waals surface area contributed by atoms with Gasteiger partial charge in [0.1, 0.15) is 11.8 Å². The molecule has 1 aliphatic rings. The van der Waals surface area contributed by atoms with Crippen molar-refractivity contribution >= 4 is 50.3 Å². The molecule has 0 spiro atoms. The fraction of sp³-hybridized carbons (Fsp3) is 0.333. The number of nitrogens with two attached hydrogens (primary N) is 1. The number of halogens is 1. The maximum Gasteiger partial charge on any atom is 0.324 e. The monoisotopic (exact) mass is 582 g/mol. The number of hydrogen-bond donors (Lipinski definition) is 3. The number of nitrogen functional groups attached to an aromatic ring is 1. The Morgan fingerprint density at radius 3 is 2.92 bits per heavy atom. The number of fused-ring (bicyclic) bond motifs is 1. The molecule has 0 radical (unpaired) electrons. The lowest BCUT2D eigenvalue weighted by molar-refractivity contribution is -0.150. The van der Waals surface area contributed by atoms with Crippen LogP contribution in [0.25, 0.3) is 22.2 Å². The Kier molecular flexibility index (Phi) is 9.27. The lowest BCUT2D eigenvalue weighted by Gasteiger charge is -2.34. The summed E-state index contributed by atoms with van der Waals surface area (Å²) in [5, 5.41) is 6.78. The van der Waals surface area contributed by atoms with Crippen LogP contribution >= 0.6 is 15.9 Å². The van der Waals surface area contributed by atoms with Crippen LogP contribution in [0.4, 0.5) is 11.6 Å². The van der Waals surface area contributed by atoms with Crippen molar-refractivity contribution in [1.82, 2.24) is 20.2 Å². The number of anilines is 2. The number of esters is 1. The Morgan fingerprint density at radius 1 is 1.32 bits per heavy atom. The molecule has 2 heterocycles. The van der Waals surface area contributed by atoms with Gasteiger partial charge in [0.25, 0.3) is 0 Å². The molecule has 10 nitrogen and oxygen atoms in total. The van der Waals surface area contributed by atoms with E-state index in [2.05, 4.69) is 48.0 Å². The highest BCUT2D eigenvalue weighted by Gasteiger charge is 2.29. The average Bonchev–Trinajstić information content (AvgIpc) is 2.91. The Bertz CT molecular complexity index is 1330. The third-order valence-electron chi connectivity index (χ3n) is 6.12. The van der Waals surface area contributed by atoms with Crippen LogP contribution in [0.2, 0.25) is 0 Å². The topological polar surface area (TPSA) is 132 Å². The Balaban J connectivity index is 1.57. The summed E-state index contributed by atoms with van der Waals surface area (Å²) in [6, 6.07) is 10.9. The minimum atomic E-state index is -0.368. The smallest absolute Gasteiger partial charge is 0.324 e. The van der Waals surface area contributed by atoms with Crippen molar-refractivity contribution in [2.24, 2.45) is 0 Å². The van der Waals surface area contributed by atoms with E-state index in [9.17, 15) is 9.59 Å². The first-order valence-electron chi connectivity index (χ1n) is 12.4. The van der Waals surface area contributed by atoms with Gasteiger partial charge in [0, 0.05) is 47.7 Å². The van der Waals surface area contributed by atoms with E-state index in [1.807, 2.05) is 24.3 Å². The number of hydrogen-bond acceptors (Lipinski definition) is 9. The maximum atomic E-state index is 12.3. The molecule has 1 unspecified atom stereocenters. The van der Waals surface area contributed by atoms with Gasteiger partial charge in [0.2, 0.25) is 11.9 Å². The van der Waals surface area contributed by atoms with E-state index >= 15 is 0 Å². The molecule has 3 aromatic rings. The van der Waals surface area contributed by atoms with Crippen LogP contribution in [-0.4, -0.2) is 72.2 Å². The van der Waals surface area contributed by atoms with Crippen molar-refractivity contribution in [3.8, 4) is 17.0 Å². The summed E-state index contributed by atoms with van der Waals surface area (Å²) in [6.45, 7) is 8.84. The largest absolute Gasteiger partial charge is 0.491 e. The fourth-order valence-corrected chi connectivity index (χ4v) is 4.77. The second kappa shape index (κ2) is 12.8. The van der Waals surface area contributed by atoms with E-state index in [0.717, 1.165) is 23.1 Å². The Hall–Kier alpha value is -3.54. The number of rotatable bonds is 10. The predicted molar refractivity (Wildman–Crippen MR) is 151 cm³/mol. The lowest BCUT2D eigenvalue weighted by atomic mass is 10.1. The van der Waals surface area contributed by atoms with E-state index in [1.54, 1.807) is 19.1 Å². The second-order valence-electron chi connectivity index (χ2n) is 8.71. The number of amides is 1. The van der Waals surface area contributed by atoms with Gasteiger partial charge in [-0.2, -0.15) is 0 Å². The third-order valence-corrected chi connectivity index (χ3v) is 6.61. The highest BCUT2D eigenvalue weighted by atomic mass is 79.9. The van der Waals surface area contributed by atoms with Crippen molar-refractivity contribution in [3.63, 3.8) is 0 Å². The van der Waals surface area contributed by atoms with E-state index in [0.29, 0.717) is 60.8 Å². The van der Waals surface area contributed by atoms with Crippen LogP contribution in [0.15, 0.2) is 53.5 Å². The summed E-state index contributed by atoms with van der Waals surface area (Å²) < 4.78 is 12.2. The van der Waals surface area contributed by atoms with E-state index in [4.69, 9.17) is 15.2 Å². The van der Waals surface area contributed by atoms with Gasteiger partial charge in [0.15, 0.2) is 0 Å². The van der Waals surface area contributed by atoms with E-state index in [-0.39, 0.29) is 23.9 Å². The van der Waals surface area contributed by atoms with Gasteiger partial charge < -0.3 is 25.8 Å². The molecule has 0 aliphatic carbocycles. The van der Waals surface area contributed by atoms with Crippen molar-refractivity contribution < 1.29 is 19.1 Å². The van der Waals surface area contributed by atoms with Crippen molar-refractivity contribution in [2.75, 3.05) is 50.4 Å². The van der Waals surface area contributed by atoms with Crippen molar-refractivity contribution in [2.45, 2.75) is 19.4 Å². The average molecular weight is 583 g/mol. The zero-order chi connectivity index (χ0) is 27.1. The zero-order valence-electron chi connectivity index (χ0n) is 21.2. The van der Waals surface area contributed by atoms with Gasteiger partial charge >= 0.3 is 5.97 Å². The zero-order valence-corrected chi connectivity index (χ0v) is 22.8. The summed E-state index contributed by atoms with van der Waals surface area (Å²) in [4.78, 5) is 35.5. The van der Waals surface area contributed by atoms with Crippen LogP contribution in [0.1, 0.15) is 13.3 Å². The molecule has 0 bridgehead atoms. The van der Waals surface area contributed by atoms with Gasteiger partial charge in [-0.15, -0.1) is 0 Å². The normalized spacial score (nSPS) is 15.7. The molecule has 1 amide bonds. The first kappa shape index (κ1) is 27.5. The van der Waals surface area contributed by atoms with Crippen LogP contribution in [0.5, 0.6) is 5.75 Å². The van der Waals surface area contributed by atoms with Gasteiger partial charge in [0.05, 0.1) is 30.1 Å². The number of carbonyl (C=O) groups excluding carboxylic acids is 2. The van der Waals surface area contributed by atoms with Gasteiger partial charge in [-0.3, -0.25) is 14.5 Å². The minimum Gasteiger partial charge on any atom is -0.491 e. The number of carbonyl (C=O) groups is 2. The summed E-state index contributed by atoms with van der Waals surface area (Å²) in [5.41, 5.74) is 8.59. The molecule has 200 valence electrons. The predicted octanol–water partition coefficient (Wildman–Crippen LogP) is 3.37. The molecule has 4 N–H and O–H groups in total. The Labute approximate surface area is 229 Å². The standard InChI is InChI=1S/C27H31BrN6O4/c1-3-24(35)31-21-14-19-20(32-27(29)33-25(19)17-7-5-8-18(28)13-17)15-23(21)38-12-6-10-34-11-9-30-16-22(34)26(36)37-4-2/h3,5,7-8,13-15,22,30H,1,4,6,9-12,16H2,2H3,(H,31,35)(H2,29,32,33). The highest BCUT2D eigenvalue weighted by Crippen LogP contribution is 2.35. The van der Waals surface area contributed by atoms with Crippen LogP contribution in [0.3, 0.4) is 0 Å².